The number of nitrogens with two attached hydrogens (primary N) is 1. The lowest BCUT2D eigenvalue weighted by Gasteiger charge is -2.32. The molecule has 0 rings (SSSR count). The number of hydrogen-bond acceptors (Lipinski definition) is 4. The van der Waals surface area contributed by atoms with Gasteiger partial charge in [-0.2, -0.15) is 0 Å². The van der Waals surface area contributed by atoms with Crippen molar-refractivity contribution >= 4 is 0 Å². The van der Waals surface area contributed by atoms with Crippen LogP contribution in [0.4, 0.5) is 0 Å². The van der Waals surface area contributed by atoms with Crippen molar-refractivity contribution < 1.29 is 9.84 Å². The van der Waals surface area contributed by atoms with Crippen molar-refractivity contribution in [3.8, 4) is 0 Å². The van der Waals surface area contributed by atoms with Crippen LogP contribution >= 0.6 is 0 Å². The Morgan fingerprint density at radius 3 is 2.62 bits per heavy atom. The molecule has 0 amide bonds. The summed E-state index contributed by atoms with van der Waals surface area (Å²) >= 11 is 0. The number of nitrogens with one attached hydrogen (secondary N) is 1. The lowest BCUT2D eigenvalue weighted by Crippen LogP contribution is -2.55. The smallest absolute Gasteiger partial charge is 0.0654 e. The number of methoxy groups -OCH3 is 1. The van der Waals surface area contributed by atoms with Crippen molar-refractivity contribution in [2.45, 2.75) is 31.8 Å². The molecular formula is C9H22N2O2. The summed E-state index contributed by atoms with van der Waals surface area (Å²) in [6, 6.07) is 0.258. The standard InChI is InChI=1S/C9H22N2O2/c1-8(4-5-12)11-9(2,6-10)7-13-3/h8,11-12H,4-7,10H2,1-3H3. The molecule has 4 nitrogen and oxygen atoms in total. The average Bonchev–Trinajstić information content (AvgIpc) is 2.05. The average molecular weight is 190 g/mol. The molecular weight excluding hydrogens is 168 g/mol. The number of ether oxygens (including phenoxy) is 1. The van der Waals surface area contributed by atoms with E-state index in [4.69, 9.17) is 15.6 Å². The van der Waals surface area contributed by atoms with E-state index in [1.165, 1.54) is 0 Å². The van der Waals surface area contributed by atoms with Gasteiger partial charge in [-0.25, -0.2) is 0 Å². The first kappa shape index (κ1) is 12.8. The highest BCUT2D eigenvalue weighted by atomic mass is 16.5. The summed E-state index contributed by atoms with van der Waals surface area (Å²) in [5.41, 5.74) is 5.44. The van der Waals surface area contributed by atoms with Gasteiger partial charge in [0.2, 0.25) is 0 Å². The minimum absolute atomic E-state index is 0.191. The molecule has 0 saturated heterocycles. The minimum Gasteiger partial charge on any atom is -0.396 e. The van der Waals surface area contributed by atoms with E-state index in [0.717, 1.165) is 6.42 Å². The highest BCUT2D eigenvalue weighted by molar-refractivity contribution is 4.86. The first-order chi connectivity index (χ1) is 6.08. The summed E-state index contributed by atoms with van der Waals surface area (Å²) < 4.78 is 5.07. The molecule has 2 unspecified atom stereocenters. The fourth-order valence-corrected chi connectivity index (χ4v) is 1.34. The van der Waals surface area contributed by atoms with E-state index in [1.807, 2.05) is 13.8 Å². The van der Waals surface area contributed by atoms with Crippen molar-refractivity contribution in [1.29, 1.82) is 0 Å². The highest BCUT2D eigenvalue weighted by Crippen LogP contribution is 2.04. The SMILES string of the molecule is COCC(C)(CN)NC(C)CCO. The Hall–Kier alpha value is -0.160. The lowest BCUT2D eigenvalue weighted by molar-refractivity contribution is 0.112. The summed E-state index contributed by atoms with van der Waals surface area (Å²) in [4.78, 5) is 0. The van der Waals surface area contributed by atoms with Crippen molar-refractivity contribution in [1.82, 2.24) is 5.32 Å². The molecule has 0 spiro atoms. The molecule has 0 aromatic carbocycles. The van der Waals surface area contributed by atoms with Gasteiger partial charge in [-0.1, -0.05) is 0 Å². The van der Waals surface area contributed by atoms with E-state index in [-0.39, 0.29) is 18.2 Å². The molecule has 0 saturated carbocycles. The van der Waals surface area contributed by atoms with E-state index in [1.54, 1.807) is 7.11 Å². The van der Waals surface area contributed by atoms with Gasteiger partial charge in [0.15, 0.2) is 0 Å². The Labute approximate surface area is 80.5 Å². The van der Waals surface area contributed by atoms with Crippen LogP contribution in [0.5, 0.6) is 0 Å². The molecule has 0 aliphatic carbocycles. The van der Waals surface area contributed by atoms with E-state index >= 15 is 0 Å². The quantitative estimate of drug-likeness (QED) is 0.516. The number of aliphatic hydroxyl groups is 1. The van der Waals surface area contributed by atoms with Crippen LogP contribution in [0.1, 0.15) is 20.3 Å². The lowest BCUT2D eigenvalue weighted by atomic mass is 10.0. The topological polar surface area (TPSA) is 67.5 Å². The maximum atomic E-state index is 8.73. The molecule has 0 radical (unpaired) electrons. The predicted octanol–water partition coefficient (Wildman–Crippen LogP) is -0.289. The Morgan fingerprint density at radius 2 is 2.23 bits per heavy atom. The predicted molar refractivity (Wildman–Crippen MR) is 53.6 cm³/mol. The van der Waals surface area contributed by atoms with Gasteiger partial charge in [-0.3, -0.25) is 0 Å². The fourth-order valence-electron chi connectivity index (χ4n) is 1.34. The van der Waals surface area contributed by atoms with Crippen molar-refractivity contribution in [3.05, 3.63) is 0 Å². The van der Waals surface area contributed by atoms with Crippen LogP contribution in [-0.4, -0.2) is 43.6 Å². The first-order valence-corrected chi connectivity index (χ1v) is 4.65. The van der Waals surface area contributed by atoms with Crippen LogP contribution in [-0.2, 0) is 4.74 Å². The molecule has 0 heterocycles. The summed E-state index contributed by atoms with van der Waals surface area (Å²) in [7, 11) is 1.66. The minimum atomic E-state index is -0.191. The number of rotatable bonds is 7. The third-order valence-corrected chi connectivity index (χ3v) is 2.07. The van der Waals surface area contributed by atoms with Crippen LogP contribution in [0.15, 0.2) is 0 Å². The normalized spacial score (nSPS) is 18.2. The first-order valence-electron chi connectivity index (χ1n) is 4.65. The molecule has 80 valence electrons. The van der Waals surface area contributed by atoms with Gasteiger partial charge >= 0.3 is 0 Å². The number of aliphatic hydroxyl groups excluding tert-OH is 1. The maximum absolute atomic E-state index is 8.73. The molecule has 4 N–H and O–H groups in total. The largest absolute Gasteiger partial charge is 0.396 e. The zero-order valence-corrected chi connectivity index (χ0v) is 8.84. The van der Waals surface area contributed by atoms with Crippen molar-refractivity contribution in [3.63, 3.8) is 0 Å². The Bertz CT molecular complexity index is 133. The van der Waals surface area contributed by atoms with Crippen LogP contribution < -0.4 is 11.1 Å². The van der Waals surface area contributed by atoms with E-state index in [2.05, 4.69) is 5.32 Å². The van der Waals surface area contributed by atoms with Gasteiger partial charge in [0, 0.05) is 26.3 Å². The van der Waals surface area contributed by atoms with E-state index < -0.39 is 0 Å². The van der Waals surface area contributed by atoms with E-state index in [9.17, 15) is 0 Å². The summed E-state index contributed by atoms with van der Waals surface area (Å²) in [5, 5.41) is 12.1. The maximum Gasteiger partial charge on any atom is 0.0654 e. The zero-order valence-electron chi connectivity index (χ0n) is 8.84. The molecule has 0 fully saturated rings. The third kappa shape index (κ3) is 5.21. The Kier molecular flexibility index (Phi) is 6.24. The van der Waals surface area contributed by atoms with Crippen LogP contribution in [0.25, 0.3) is 0 Å². The van der Waals surface area contributed by atoms with Gasteiger partial charge in [-0.15, -0.1) is 0 Å². The van der Waals surface area contributed by atoms with Gasteiger partial charge in [0.25, 0.3) is 0 Å². The third-order valence-electron chi connectivity index (χ3n) is 2.07. The second-order valence-corrected chi connectivity index (χ2v) is 3.76. The molecule has 0 aliphatic heterocycles. The van der Waals surface area contributed by atoms with Gasteiger partial charge in [-0.05, 0) is 20.3 Å². The van der Waals surface area contributed by atoms with Crippen LogP contribution in [0.2, 0.25) is 0 Å². The Balaban J connectivity index is 3.93. The summed E-state index contributed by atoms with van der Waals surface area (Å²) in [6.07, 6.45) is 0.735. The molecule has 0 aliphatic rings. The molecule has 4 heteroatoms. The number of hydrogen-bond donors (Lipinski definition) is 3. The molecule has 13 heavy (non-hydrogen) atoms. The zero-order chi connectivity index (χ0) is 10.3. The van der Waals surface area contributed by atoms with Crippen molar-refractivity contribution in [2.75, 3.05) is 26.9 Å². The molecule has 2 atom stereocenters. The molecule has 0 bridgehead atoms. The van der Waals surface area contributed by atoms with Gasteiger partial charge in [0.1, 0.15) is 0 Å². The Morgan fingerprint density at radius 1 is 1.62 bits per heavy atom. The van der Waals surface area contributed by atoms with E-state index in [0.29, 0.717) is 13.2 Å². The second-order valence-electron chi connectivity index (χ2n) is 3.76. The molecule has 0 aromatic rings. The second kappa shape index (κ2) is 6.32. The fraction of sp³-hybridized carbons (Fsp3) is 1.00. The highest BCUT2D eigenvalue weighted by Gasteiger charge is 2.23. The molecule has 0 aromatic heterocycles. The van der Waals surface area contributed by atoms with Gasteiger partial charge in [0.05, 0.1) is 12.1 Å². The van der Waals surface area contributed by atoms with Crippen LogP contribution in [0, 0.1) is 0 Å². The monoisotopic (exact) mass is 190 g/mol. The van der Waals surface area contributed by atoms with Crippen LogP contribution in [0.3, 0.4) is 0 Å². The van der Waals surface area contributed by atoms with Crippen molar-refractivity contribution in [2.24, 2.45) is 5.73 Å². The van der Waals surface area contributed by atoms with Gasteiger partial charge < -0.3 is 20.9 Å². The summed E-state index contributed by atoms with van der Waals surface area (Å²) in [5.74, 6) is 0. The summed E-state index contributed by atoms with van der Waals surface area (Å²) in [6.45, 7) is 5.35.